The van der Waals surface area contributed by atoms with Crippen LogP contribution < -0.4 is 15.6 Å². The number of halogens is 3. The van der Waals surface area contributed by atoms with Gasteiger partial charge in [0.15, 0.2) is 6.61 Å². The number of aliphatic carboxylic acids is 1. The summed E-state index contributed by atoms with van der Waals surface area (Å²) in [5.41, 5.74) is 8.50. The number of alkyl halides is 3. The zero-order chi connectivity index (χ0) is 31.7. The second kappa shape index (κ2) is 15.2. The first-order valence-corrected chi connectivity index (χ1v) is 16.2. The lowest BCUT2D eigenvalue weighted by Gasteiger charge is -2.30. The molecule has 1 atom stereocenters. The first-order valence-electron chi connectivity index (χ1n) is 12.8. The molecule has 1 aromatic carbocycles. The Morgan fingerprint density at radius 3 is 2.51 bits per heavy atom. The number of nitrogens with zero attached hydrogens (tertiary/aromatic N) is 2. The van der Waals surface area contributed by atoms with Crippen molar-refractivity contribution in [1.29, 1.82) is 5.41 Å². The maximum atomic E-state index is 12.6. The van der Waals surface area contributed by atoms with E-state index in [0.29, 0.717) is 38.3 Å². The number of thiophene rings is 1. The average molecular weight is 659 g/mol. The second-order valence-electron chi connectivity index (χ2n) is 8.96. The predicted octanol–water partition coefficient (Wildman–Crippen LogP) is 4.17. The number of carbonyl (C=O) groups excluding carboxylic acids is 3. The van der Waals surface area contributed by atoms with E-state index in [1.807, 2.05) is 47.3 Å². The number of nitrogen functional groups attached to an aromatic ring is 1. The number of carboxylic acids is 1. The van der Waals surface area contributed by atoms with E-state index in [1.54, 1.807) is 34.9 Å². The molecule has 3 N–H and O–H groups in total. The van der Waals surface area contributed by atoms with Crippen molar-refractivity contribution >= 4 is 56.6 Å². The van der Waals surface area contributed by atoms with E-state index in [4.69, 9.17) is 35.5 Å². The van der Waals surface area contributed by atoms with Crippen molar-refractivity contribution < 1.29 is 42.1 Å². The van der Waals surface area contributed by atoms with E-state index in [1.165, 1.54) is 0 Å². The van der Waals surface area contributed by atoms with Gasteiger partial charge in [0.05, 0.1) is 34.3 Å². The van der Waals surface area contributed by atoms with Gasteiger partial charge >= 0.3 is 17.3 Å². The lowest BCUT2D eigenvalue weighted by Crippen LogP contribution is -2.42. The van der Waals surface area contributed by atoms with Gasteiger partial charge in [0.2, 0.25) is 4.21 Å². The Labute approximate surface area is 256 Å². The monoisotopic (exact) mass is 658 g/mol. The van der Waals surface area contributed by atoms with Gasteiger partial charge in [-0.3, -0.25) is 9.59 Å². The molecule has 0 bridgehead atoms. The Hall–Kier alpha value is -3.63. The number of carbonyl (C=O) groups is 3. The Morgan fingerprint density at radius 1 is 1.26 bits per heavy atom. The fourth-order valence-electron chi connectivity index (χ4n) is 4.05. The van der Waals surface area contributed by atoms with Gasteiger partial charge in [-0.25, -0.2) is 10.4 Å². The van der Waals surface area contributed by atoms with Crippen molar-refractivity contribution in [3.63, 3.8) is 0 Å². The van der Waals surface area contributed by atoms with Gasteiger partial charge in [0.25, 0.3) is 5.91 Å². The fraction of sp³-hybridized carbons (Fsp3) is 0.370. The standard InChI is InChI=1S/C25H29N4O4S3.C2HF3O2/c1-3-32-23(31)16-7-10-29(11-8-16)21(30)14-33-18-6-4-5-17(13-18)20-15-35-22(28-20)19-9-12-36(25(26)27)24(19)34-2;3-2(4,5)1(6)7/h4-6,9,12-13,15-16H,3,7-8,10-11,14H2,1-2H3,(H3,26,27);(H,6,7)/q+1;/p-1. The lowest BCUT2D eigenvalue weighted by molar-refractivity contribution is -0.344. The van der Waals surface area contributed by atoms with Gasteiger partial charge in [0.1, 0.15) is 22.1 Å². The minimum absolute atomic E-state index is 0.0576. The number of thioether (sulfide) groups is 1. The molecule has 1 unspecified atom stereocenters. The summed E-state index contributed by atoms with van der Waals surface area (Å²) in [5.74, 6) is -2.81. The second-order valence-corrected chi connectivity index (χ2v) is 12.7. The fourth-order valence-corrected chi connectivity index (χ4v) is 7.72. The maximum Gasteiger partial charge on any atom is 0.430 e. The summed E-state index contributed by atoms with van der Waals surface area (Å²) < 4.78 is 43.5. The molecule has 232 valence electrons. The number of amides is 1. The Bertz CT molecular complexity index is 1450. The van der Waals surface area contributed by atoms with Crippen LogP contribution in [0.1, 0.15) is 19.8 Å². The Kier molecular flexibility index (Phi) is 12.0. The highest BCUT2D eigenvalue weighted by molar-refractivity contribution is 8.01. The van der Waals surface area contributed by atoms with Crippen molar-refractivity contribution in [3.8, 4) is 27.6 Å². The topological polar surface area (TPSA) is 159 Å². The molecular weight excluding hydrogens is 630 g/mol. The molecular formula is C27H29F3N4O6S3. The molecule has 1 aliphatic heterocycles. The third-order valence-electron chi connectivity index (χ3n) is 6.14. The quantitative estimate of drug-likeness (QED) is 0.113. The first kappa shape index (κ1) is 33.9. The number of benzene rings is 1. The van der Waals surface area contributed by atoms with Gasteiger partial charge < -0.3 is 30.0 Å². The molecule has 1 amide bonds. The van der Waals surface area contributed by atoms with Crippen LogP contribution in [-0.2, 0) is 19.1 Å². The molecule has 0 aliphatic carbocycles. The first-order chi connectivity index (χ1) is 20.3. The van der Waals surface area contributed by atoms with Gasteiger partial charge in [-0.2, -0.15) is 13.2 Å². The molecule has 43 heavy (non-hydrogen) atoms. The van der Waals surface area contributed by atoms with Crippen LogP contribution in [0.3, 0.4) is 0 Å². The number of nitrogens with one attached hydrogen (secondary N) is 1. The number of amidine groups is 1. The van der Waals surface area contributed by atoms with Crippen LogP contribution >= 0.6 is 33.6 Å². The smallest absolute Gasteiger partial charge is 0.430 e. The summed E-state index contributed by atoms with van der Waals surface area (Å²) in [6.07, 6.45) is -1.97. The largest absolute Gasteiger partial charge is 0.542 e. The van der Waals surface area contributed by atoms with Crippen LogP contribution in [0, 0.1) is 11.3 Å². The molecule has 1 fully saturated rings. The molecule has 0 radical (unpaired) electrons. The number of carboxylic acid groups (broad SMARTS) is 1. The molecule has 0 saturated carbocycles. The molecule has 1 saturated heterocycles. The molecule has 16 heteroatoms. The maximum absolute atomic E-state index is 12.6. The van der Waals surface area contributed by atoms with Crippen molar-refractivity contribution in [3.05, 3.63) is 41.1 Å². The third-order valence-corrected chi connectivity index (χ3v) is 10.1. The molecule has 10 nitrogen and oxygen atoms in total. The number of ether oxygens (including phenoxy) is 2. The van der Waals surface area contributed by atoms with Crippen molar-refractivity contribution in [1.82, 2.24) is 9.88 Å². The molecule has 0 spiro atoms. The number of hydrogen-bond acceptors (Lipinski definition) is 10. The third kappa shape index (κ3) is 9.18. The number of thiazole rings is 1. The number of esters is 1. The predicted molar refractivity (Wildman–Crippen MR) is 157 cm³/mol. The number of likely N-dealkylation sites (tertiary alicyclic amines) is 1. The summed E-state index contributed by atoms with van der Waals surface area (Å²) in [5, 5.41) is 21.6. The summed E-state index contributed by atoms with van der Waals surface area (Å²) in [4.78, 5) is 39.9. The molecule has 3 aromatic rings. The molecule has 3 heterocycles. The number of nitrogens with two attached hydrogens (primary N) is 1. The molecule has 4 rings (SSSR count). The summed E-state index contributed by atoms with van der Waals surface area (Å²) in [6, 6.07) is 9.55. The summed E-state index contributed by atoms with van der Waals surface area (Å²) in [7, 11) is -0.490. The van der Waals surface area contributed by atoms with Crippen molar-refractivity contribution in [2.24, 2.45) is 11.7 Å². The van der Waals surface area contributed by atoms with Crippen molar-refractivity contribution in [2.75, 3.05) is 32.6 Å². The van der Waals surface area contributed by atoms with Crippen LogP contribution in [0.4, 0.5) is 13.2 Å². The average Bonchev–Trinajstić information content (AvgIpc) is 3.64. The van der Waals surface area contributed by atoms with E-state index < -0.39 is 22.6 Å². The highest BCUT2D eigenvalue weighted by atomic mass is 32.2. The van der Waals surface area contributed by atoms with Crippen LogP contribution in [-0.4, -0.2) is 71.6 Å². The zero-order valence-electron chi connectivity index (χ0n) is 23.1. The van der Waals surface area contributed by atoms with E-state index >= 15 is 0 Å². The number of aromatic nitrogens is 1. The van der Waals surface area contributed by atoms with Gasteiger partial charge in [-0.1, -0.05) is 23.9 Å². The minimum atomic E-state index is -5.19. The van der Waals surface area contributed by atoms with Crippen LogP contribution in [0.5, 0.6) is 5.75 Å². The van der Waals surface area contributed by atoms with E-state index in [9.17, 15) is 22.8 Å². The number of rotatable bonds is 9. The zero-order valence-corrected chi connectivity index (χ0v) is 25.6. The van der Waals surface area contributed by atoms with E-state index in [-0.39, 0.29) is 29.6 Å². The summed E-state index contributed by atoms with van der Waals surface area (Å²) >= 11 is 3.15. The van der Waals surface area contributed by atoms with E-state index in [2.05, 4.69) is 0 Å². The normalized spacial score (nSPS) is 14.0. The van der Waals surface area contributed by atoms with Crippen LogP contribution in [0.15, 0.2) is 45.3 Å². The van der Waals surface area contributed by atoms with E-state index in [0.717, 1.165) is 26.0 Å². The van der Waals surface area contributed by atoms with Crippen LogP contribution in [0.25, 0.3) is 21.8 Å². The molecule has 2 aromatic heterocycles. The minimum Gasteiger partial charge on any atom is -0.542 e. The molecule has 1 aliphatic rings. The summed E-state index contributed by atoms with van der Waals surface area (Å²) in [6.45, 7) is 3.17. The Balaban J connectivity index is 0.000000646. The number of hydrogen-bond donors (Lipinski definition) is 2. The lowest BCUT2D eigenvalue weighted by atomic mass is 9.97. The van der Waals surface area contributed by atoms with Crippen LogP contribution in [0.2, 0.25) is 0 Å². The number of piperidine rings is 1. The highest BCUT2D eigenvalue weighted by Gasteiger charge is 2.29. The van der Waals surface area contributed by atoms with Gasteiger partial charge in [0, 0.05) is 30.1 Å². The van der Waals surface area contributed by atoms with Gasteiger partial charge in [-0.15, -0.1) is 11.3 Å². The SMILES string of the molecule is CCOC(=O)C1CCN(C(=O)COc2cccc(-c3csc(-c4cc[s+](C(=N)N)c4SC)n3)c2)CC1.O=C([O-])C(F)(F)F. The van der Waals surface area contributed by atoms with Crippen molar-refractivity contribution in [2.45, 2.75) is 30.2 Å². The Morgan fingerprint density at radius 2 is 1.93 bits per heavy atom. The highest BCUT2D eigenvalue weighted by Crippen LogP contribution is 2.43. The van der Waals surface area contributed by atoms with Gasteiger partial charge in [-0.05, 0) is 38.2 Å².